The number of fused-ring (bicyclic) bond motifs is 1. The van der Waals surface area contributed by atoms with Crippen LogP contribution in [0.25, 0.3) is 16.2 Å². The third kappa shape index (κ3) is 4.23. The molecule has 0 amide bonds. The Morgan fingerprint density at radius 1 is 1.10 bits per heavy atom. The van der Waals surface area contributed by atoms with E-state index in [2.05, 4.69) is 54.0 Å². The van der Waals surface area contributed by atoms with Gasteiger partial charge in [-0.2, -0.15) is 0 Å². The van der Waals surface area contributed by atoms with E-state index in [1.54, 1.807) is 36.9 Å². The number of methoxy groups -OCH3 is 1. The lowest BCUT2D eigenvalue weighted by atomic mass is 10.1. The number of anilines is 1. The minimum Gasteiger partial charge on any atom is -0.481 e. The fraction of sp³-hybridized carbons (Fsp3) is 0.227. The summed E-state index contributed by atoms with van der Waals surface area (Å²) in [5, 5.41) is 3.57. The Morgan fingerprint density at radius 2 is 1.97 bits per heavy atom. The van der Waals surface area contributed by atoms with Crippen molar-refractivity contribution in [1.82, 2.24) is 19.4 Å². The quantitative estimate of drug-likeness (QED) is 0.511. The van der Waals surface area contributed by atoms with Crippen LogP contribution in [0.1, 0.15) is 31.3 Å². The number of pyridine rings is 1. The van der Waals surface area contributed by atoms with Crippen LogP contribution in [0.3, 0.4) is 0 Å². The van der Waals surface area contributed by atoms with E-state index < -0.39 is 0 Å². The molecule has 0 saturated heterocycles. The molecule has 0 bridgehead atoms. The SMILES string of the molecule is COc1cccc(C#Cc2ccc(-c3nc4cnccn4c3NC(C)(C)C)s2)n1. The summed E-state index contributed by atoms with van der Waals surface area (Å²) in [7, 11) is 1.60. The molecule has 0 radical (unpaired) electrons. The van der Waals surface area contributed by atoms with Crippen LogP contribution in [0.15, 0.2) is 48.9 Å². The third-order valence-electron chi connectivity index (χ3n) is 4.01. The molecule has 0 atom stereocenters. The summed E-state index contributed by atoms with van der Waals surface area (Å²) >= 11 is 1.60. The Morgan fingerprint density at radius 3 is 2.76 bits per heavy atom. The van der Waals surface area contributed by atoms with Gasteiger partial charge in [0, 0.05) is 24.0 Å². The highest BCUT2D eigenvalue weighted by Gasteiger charge is 2.20. The van der Waals surface area contributed by atoms with E-state index in [0.717, 1.165) is 26.9 Å². The van der Waals surface area contributed by atoms with Crippen LogP contribution in [0.5, 0.6) is 5.88 Å². The number of hydrogen-bond donors (Lipinski definition) is 1. The van der Waals surface area contributed by atoms with E-state index in [-0.39, 0.29) is 5.54 Å². The molecule has 0 fully saturated rings. The van der Waals surface area contributed by atoms with Crippen molar-refractivity contribution in [2.75, 3.05) is 12.4 Å². The van der Waals surface area contributed by atoms with Crippen molar-refractivity contribution >= 4 is 22.8 Å². The molecule has 29 heavy (non-hydrogen) atoms. The van der Waals surface area contributed by atoms with Gasteiger partial charge < -0.3 is 10.1 Å². The maximum Gasteiger partial charge on any atom is 0.214 e. The first-order valence-corrected chi connectivity index (χ1v) is 9.98. The van der Waals surface area contributed by atoms with Crippen LogP contribution < -0.4 is 10.1 Å². The summed E-state index contributed by atoms with van der Waals surface area (Å²) in [4.78, 5) is 15.3. The fourth-order valence-electron chi connectivity index (χ4n) is 2.81. The van der Waals surface area contributed by atoms with Gasteiger partial charge in [0.2, 0.25) is 5.88 Å². The molecule has 0 spiro atoms. The molecule has 1 N–H and O–H groups in total. The molecule has 0 aliphatic carbocycles. The van der Waals surface area contributed by atoms with E-state index >= 15 is 0 Å². The van der Waals surface area contributed by atoms with Crippen LogP contribution in [0.4, 0.5) is 5.82 Å². The molecule has 0 aliphatic heterocycles. The summed E-state index contributed by atoms with van der Waals surface area (Å²) < 4.78 is 7.18. The first-order valence-electron chi connectivity index (χ1n) is 9.16. The molecule has 146 valence electrons. The van der Waals surface area contributed by atoms with Gasteiger partial charge in [0.1, 0.15) is 17.2 Å². The Labute approximate surface area is 173 Å². The Hall–Kier alpha value is -3.37. The number of nitrogens with one attached hydrogen (secondary N) is 1. The standard InChI is InChI=1S/C22H21N5OS/c1-22(2,3)26-21-20(25-18-14-23-12-13-27(18)21)17-11-10-16(29-17)9-8-15-6-5-7-19(24-15)28-4/h5-7,10-14,26H,1-4H3. The lowest BCUT2D eigenvalue weighted by molar-refractivity contribution is 0.397. The molecular weight excluding hydrogens is 382 g/mol. The highest BCUT2D eigenvalue weighted by molar-refractivity contribution is 7.16. The van der Waals surface area contributed by atoms with Crippen LogP contribution in [0, 0.1) is 11.8 Å². The zero-order valence-electron chi connectivity index (χ0n) is 16.7. The van der Waals surface area contributed by atoms with Gasteiger partial charge in [-0.05, 0) is 50.8 Å². The van der Waals surface area contributed by atoms with Gasteiger partial charge in [0.15, 0.2) is 5.65 Å². The second-order valence-electron chi connectivity index (χ2n) is 7.47. The zero-order chi connectivity index (χ0) is 20.4. The maximum absolute atomic E-state index is 5.15. The van der Waals surface area contributed by atoms with Crippen LogP contribution in [0.2, 0.25) is 0 Å². The molecule has 4 aromatic heterocycles. The number of hydrogen-bond acceptors (Lipinski definition) is 6. The van der Waals surface area contributed by atoms with Gasteiger partial charge >= 0.3 is 0 Å². The number of nitrogens with zero attached hydrogens (tertiary/aromatic N) is 4. The number of ether oxygens (including phenoxy) is 1. The summed E-state index contributed by atoms with van der Waals surface area (Å²) in [6, 6.07) is 9.61. The van der Waals surface area contributed by atoms with Gasteiger partial charge in [-0.1, -0.05) is 6.07 Å². The number of rotatable bonds is 3. The molecule has 0 saturated carbocycles. The highest BCUT2D eigenvalue weighted by atomic mass is 32.1. The minimum absolute atomic E-state index is 0.105. The Bertz CT molecular complexity index is 1220. The molecule has 6 nitrogen and oxygen atoms in total. The number of aromatic nitrogens is 4. The summed E-state index contributed by atoms with van der Waals surface area (Å²) in [6.07, 6.45) is 5.45. The van der Waals surface area contributed by atoms with Crippen molar-refractivity contribution in [3.8, 4) is 28.3 Å². The monoisotopic (exact) mass is 403 g/mol. The van der Waals surface area contributed by atoms with Crippen LogP contribution in [-0.4, -0.2) is 32.0 Å². The molecule has 4 heterocycles. The van der Waals surface area contributed by atoms with Crippen molar-refractivity contribution in [2.45, 2.75) is 26.3 Å². The van der Waals surface area contributed by atoms with Crippen LogP contribution >= 0.6 is 11.3 Å². The lowest BCUT2D eigenvalue weighted by Crippen LogP contribution is -2.27. The van der Waals surface area contributed by atoms with Crippen molar-refractivity contribution in [3.05, 3.63) is 59.5 Å². The van der Waals surface area contributed by atoms with E-state index in [4.69, 9.17) is 9.72 Å². The summed E-state index contributed by atoms with van der Waals surface area (Å²) in [5.41, 5.74) is 2.26. The molecule has 4 rings (SSSR count). The van der Waals surface area contributed by atoms with Gasteiger partial charge in [-0.15, -0.1) is 11.3 Å². The van der Waals surface area contributed by atoms with Gasteiger partial charge in [-0.3, -0.25) is 9.38 Å². The predicted octanol–water partition coefficient (Wildman–Crippen LogP) is 4.47. The fourth-order valence-corrected chi connectivity index (χ4v) is 3.66. The molecule has 0 aromatic carbocycles. The van der Waals surface area contributed by atoms with Crippen molar-refractivity contribution in [2.24, 2.45) is 0 Å². The van der Waals surface area contributed by atoms with Gasteiger partial charge in [-0.25, -0.2) is 9.97 Å². The first kappa shape index (κ1) is 19.0. The third-order valence-corrected chi connectivity index (χ3v) is 5.02. The summed E-state index contributed by atoms with van der Waals surface area (Å²) in [6.45, 7) is 6.39. The Kier molecular flexibility index (Phi) is 4.95. The van der Waals surface area contributed by atoms with Crippen molar-refractivity contribution in [1.29, 1.82) is 0 Å². The van der Waals surface area contributed by atoms with Gasteiger partial charge in [0.25, 0.3) is 0 Å². The lowest BCUT2D eigenvalue weighted by Gasteiger charge is -2.22. The maximum atomic E-state index is 5.15. The topological polar surface area (TPSA) is 64.3 Å². The Balaban J connectivity index is 1.70. The number of imidazole rings is 1. The number of thiophene rings is 1. The van der Waals surface area contributed by atoms with Crippen molar-refractivity contribution < 1.29 is 4.74 Å². The molecule has 7 heteroatoms. The second kappa shape index (κ2) is 7.57. The zero-order valence-corrected chi connectivity index (χ0v) is 17.5. The average Bonchev–Trinajstić information content (AvgIpc) is 3.30. The minimum atomic E-state index is -0.105. The van der Waals surface area contributed by atoms with Gasteiger partial charge in [0.05, 0.1) is 23.1 Å². The molecule has 0 unspecified atom stereocenters. The molecular formula is C22H21N5OS. The molecule has 0 aliphatic rings. The second-order valence-corrected chi connectivity index (χ2v) is 8.55. The normalized spacial score (nSPS) is 11.2. The van der Waals surface area contributed by atoms with E-state index in [9.17, 15) is 0 Å². The van der Waals surface area contributed by atoms with E-state index in [1.807, 2.05) is 28.8 Å². The highest BCUT2D eigenvalue weighted by Crippen LogP contribution is 2.34. The van der Waals surface area contributed by atoms with E-state index in [0.29, 0.717) is 11.6 Å². The van der Waals surface area contributed by atoms with E-state index in [1.165, 1.54) is 0 Å². The summed E-state index contributed by atoms with van der Waals surface area (Å²) in [5.74, 6) is 7.79. The predicted molar refractivity (Wildman–Crippen MR) is 116 cm³/mol. The first-order chi connectivity index (χ1) is 13.9. The molecule has 4 aromatic rings. The average molecular weight is 404 g/mol. The largest absolute Gasteiger partial charge is 0.481 e. The van der Waals surface area contributed by atoms with Crippen molar-refractivity contribution in [3.63, 3.8) is 0 Å². The smallest absolute Gasteiger partial charge is 0.214 e. The van der Waals surface area contributed by atoms with Crippen LogP contribution in [-0.2, 0) is 0 Å².